The number of nitrogens with two attached hydrogens (primary N) is 1. The number of ether oxygens (including phenoxy) is 1. The molecule has 1 aliphatic rings. The molecule has 2 aromatic heterocycles. The van der Waals surface area contributed by atoms with Crippen LogP contribution in [0.3, 0.4) is 0 Å². The number of fused-ring (bicyclic) bond motifs is 1. The van der Waals surface area contributed by atoms with E-state index < -0.39 is 0 Å². The SMILES string of the molecule is CC1CC(Oc2nccc3nc(N)ncc23)CCN1C. The first-order valence-electron chi connectivity index (χ1n) is 6.87. The molecule has 2 aromatic rings. The van der Waals surface area contributed by atoms with Crippen molar-refractivity contribution in [3.05, 3.63) is 18.5 Å². The van der Waals surface area contributed by atoms with Gasteiger partial charge in [-0.05, 0) is 32.9 Å². The van der Waals surface area contributed by atoms with Crippen molar-refractivity contribution >= 4 is 16.9 Å². The molecule has 2 unspecified atom stereocenters. The number of nitrogens with zero attached hydrogens (tertiary/aromatic N) is 4. The largest absolute Gasteiger partial charge is 0.474 e. The lowest BCUT2D eigenvalue weighted by atomic mass is 10.0. The van der Waals surface area contributed by atoms with Gasteiger partial charge < -0.3 is 15.4 Å². The first kappa shape index (κ1) is 13.1. The van der Waals surface area contributed by atoms with Crippen LogP contribution >= 0.6 is 0 Å². The summed E-state index contributed by atoms with van der Waals surface area (Å²) < 4.78 is 6.07. The van der Waals surface area contributed by atoms with Crippen LogP contribution in [0.25, 0.3) is 10.9 Å². The molecule has 6 heteroatoms. The third kappa shape index (κ3) is 2.51. The molecule has 0 aromatic carbocycles. The fourth-order valence-corrected chi connectivity index (χ4v) is 2.55. The Morgan fingerprint density at radius 1 is 1.40 bits per heavy atom. The first-order chi connectivity index (χ1) is 9.63. The first-order valence-corrected chi connectivity index (χ1v) is 6.87. The normalized spacial score (nSPS) is 23.9. The Balaban J connectivity index is 1.84. The Kier molecular flexibility index (Phi) is 3.40. The second-order valence-corrected chi connectivity index (χ2v) is 5.37. The quantitative estimate of drug-likeness (QED) is 0.892. The lowest BCUT2D eigenvalue weighted by molar-refractivity contribution is 0.0771. The molecule has 2 atom stereocenters. The summed E-state index contributed by atoms with van der Waals surface area (Å²) in [4.78, 5) is 14.9. The minimum absolute atomic E-state index is 0.192. The summed E-state index contributed by atoms with van der Waals surface area (Å²) in [6.45, 7) is 3.26. The van der Waals surface area contributed by atoms with Crippen molar-refractivity contribution in [1.29, 1.82) is 0 Å². The summed E-state index contributed by atoms with van der Waals surface area (Å²) in [5, 5.41) is 0.813. The molecule has 0 amide bonds. The van der Waals surface area contributed by atoms with E-state index in [1.54, 1.807) is 12.4 Å². The summed E-state index contributed by atoms with van der Waals surface area (Å²) in [5.74, 6) is 0.867. The Labute approximate surface area is 118 Å². The summed E-state index contributed by atoms with van der Waals surface area (Å²) >= 11 is 0. The van der Waals surface area contributed by atoms with Crippen molar-refractivity contribution in [3.8, 4) is 5.88 Å². The Bertz CT molecular complexity index is 618. The molecule has 3 heterocycles. The van der Waals surface area contributed by atoms with E-state index in [1.165, 1.54) is 0 Å². The monoisotopic (exact) mass is 273 g/mol. The molecule has 6 nitrogen and oxygen atoms in total. The number of piperidine rings is 1. The highest BCUT2D eigenvalue weighted by molar-refractivity contribution is 5.83. The number of hydrogen-bond donors (Lipinski definition) is 1. The number of pyridine rings is 1. The van der Waals surface area contributed by atoms with Crippen LogP contribution in [0.15, 0.2) is 18.5 Å². The van der Waals surface area contributed by atoms with Gasteiger partial charge in [0.2, 0.25) is 11.8 Å². The van der Waals surface area contributed by atoms with Crippen LogP contribution in [0.5, 0.6) is 5.88 Å². The van der Waals surface area contributed by atoms with E-state index >= 15 is 0 Å². The molecule has 1 saturated heterocycles. The van der Waals surface area contributed by atoms with E-state index in [2.05, 4.69) is 33.8 Å². The smallest absolute Gasteiger partial charge is 0.224 e. The van der Waals surface area contributed by atoms with Gasteiger partial charge in [0, 0.05) is 25.0 Å². The highest BCUT2D eigenvalue weighted by Crippen LogP contribution is 2.25. The fraction of sp³-hybridized carbons (Fsp3) is 0.500. The van der Waals surface area contributed by atoms with Gasteiger partial charge >= 0.3 is 0 Å². The number of nitrogen functional groups attached to an aromatic ring is 1. The maximum absolute atomic E-state index is 6.07. The average Bonchev–Trinajstić information content (AvgIpc) is 2.43. The molecule has 20 heavy (non-hydrogen) atoms. The maximum Gasteiger partial charge on any atom is 0.224 e. The van der Waals surface area contributed by atoms with Crippen LogP contribution in [0.1, 0.15) is 19.8 Å². The molecule has 3 rings (SSSR count). The van der Waals surface area contributed by atoms with Gasteiger partial charge in [-0.25, -0.2) is 15.0 Å². The second kappa shape index (κ2) is 5.20. The van der Waals surface area contributed by atoms with E-state index in [4.69, 9.17) is 10.5 Å². The maximum atomic E-state index is 6.07. The number of rotatable bonds is 2. The zero-order valence-electron chi connectivity index (χ0n) is 11.8. The average molecular weight is 273 g/mol. The van der Waals surface area contributed by atoms with Gasteiger partial charge in [0.05, 0.1) is 10.9 Å². The van der Waals surface area contributed by atoms with Crippen molar-refractivity contribution in [2.24, 2.45) is 0 Å². The van der Waals surface area contributed by atoms with Crippen LogP contribution < -0.4 is 10.5 Å². The molecule has 1 fully saturated rings. The molecule has 106 valence electrons. The van der Waals surface area contributed by atoms with Crippen molar-refractivity contribution < 1.29 is 4.74 Å². The third-order valence-electron chi connectivity index (χ3n) is 3.93. The summed E-state index contributed by atoms with van der Waals surface area (Å²) in [7, 11) is 2.15. The van der Waals surface area contributed by atoms with Crippen molar-refractivity contribution in [1.82, 2.24) is 19.9 Å². The van der Waals surface area contributed by atoms with E-state index in [9.17, 15) is 0 Å². The highest BCUT2D eigenvalue weighted by atomic mass is 16.5. The van der Waals surface area contributed by atoms with Gasteiger partial charge in [-0.3, -0.25) is 0 Å². The topological polar surface area (TPSA) is 77.2 Å². The molecular weight excluding hydrogens is 254 g/mol. The van der Waals surface area contributed by atoms with Crippen molar-refractivity contribution in [2.75, 3.05) is 19.3 Å². The van der Waals surface area contributed by atoms with Crippen LogP contribution in [0, 0.1) is 0 Å². The molecule has 0 saturated carbocycles. The molecule has 0 bridgehead atoms. The zero-order chi connectivity index (χ0) is 14.1. The second-order valence-electron chi connectivity index (χ2n) is 5.37. The third-order valence-corrected chi connectivity index (χ3v) is 3.93. The standard InChI is InChI=1S/C14H19N5O/c1-9-7-10(4-6-19(9)2)20-13-11-8-17-14(15)18-12(11)3-5-16-13/h3,5,8-10H,4,6-7H2,1-2H3,(H2,15,17,18). The van der Waals surface area contributed by atoms with Gasteiger partial charge in [-0.15, -0.1) is 0 Å². The molecule has 1 aliphatic heterocycles. The fourth-order valence-electron chi connectivity index (χ4n) is 2.55. The Morgan fingerprint density at radius 3 is 3.05 bits per heavy atom. The van der Waals surface area contributed by atoms with Gasteiger partial charge in [-0.1, -0.05) is 0 Å². The zero-order valence-corrected chi connectivity index (χ0v) is 11.8. The number of hydrogen-bond acceptors (Lipinski definition) is 6. The van der Waals surface area contributed by atoms with E-state index in [-0.39, 0.29) is 12.1 Å². The molecule has 0 aliphatic carbocycles. The molecular formula is C14H19N5O. The minimum atomic E-state index is 0.192. The van der Waals surface area contributed by atoms with E-state index in [0.717, 1.165) is 30.3 Å². The van der Waals surface area contributed by atoms with Crippen molar-refractivity contribution in [2.45, 2.75) is 31.9 Å². The van der Waals surface area contributed by atoms with Gasteiger partial charge in [0.1, 0.15) is 6.10 Å². The van der Waals surface area contributed by atoms with Crippen molar-refractivity contribution in [3.63, 3.8) is 0 Å². The van der Waals surface area contributed by atoms with Gasteiger partial charge in [-0.2, -0.15) is 0 Å². The van der Waals surface area contributed by atoms with E-state index in [0.29, 0.717) is 11.9 Å². The summed E-state index contributed by atoms with van der Waals surface area (Å²) in [6, 6.07) is 2.34. The lowest BCUT2D eigenvalue weighted by Crippen LogP contribution is -2.42. The predicted molar refractivity (Wildman–Crippen MR) is 77.5 cm³/mol. The summed E-state index contributed by atoms with van der Waals surface area (Å²) in [5.41, 5.74) is 6.37. The number of aromatic nitrogens is 3. The number of likely N-dealkylation sites (tertiary alicyclic amines) is 1. The Hall–Kier alpha value is -1.95. The van der Waals surface area contributed by atoms with Crippen LogP contribution in [-0.4, -0.2) is 45.6 Å². The number of anilines is 1. The molecule has 2 N–H and O–H groups in total. The lowest BCUT2D eigenvalue weighted by Gasteiger charge is -2.34. The van der Waals surface area contributed by atoms with Gasteiger partial charge in [0.15, 0.2) is 0 Å². The van der Waals surface area contributed by atoms with Crippen LogP contribution in [0.4, 0.5) is 5.95 Å². The van der Waals surface area contributed by atoms with Gasteiger partial charge in [0.25, 0.3) is 0 Å². The van der Waals surface area contributed by atoms with Crippen LogP contribution in [-0.2, 0) is 0 Å². The minimum Gasteiger partial charge on any atom is -0.474 e. The molecule has 0 spiro atoms. The van der Waals surface area contributed by atoms with Crippen LogP contribution in [0.2, 0.25) is 0 Å². The van der Waals surface area contributed by atoms with E-state index in [1.807, 2.05) is 6.07 Å². The highest BCUT2D eigenvalue weighted by Gasteiger charge is 2.24. The molecule has 0 radical (unpaired) electrons. The summed E-state index contributed by atoms with van der Waals surface area (Å²) in [6.07, 6.45) is 5.58. The Morgan fingerprint density at radius 2 is 2.25 bits per heavy atom. The predicted octanol–water partition coefficient (Wildman–Crippen LogP) is 1.47.